The number of halogens is 1. The van der Waals surface area contributed by atoms with E-state index in [1.165, 1.54) is 7.11 Å². The van der Waals surface area contributed by atoms with E-state index >= 15 is 0 Å². The molecule has 1 aromatic carbocycles. The maximum Gasteiger partial charge on any atom is 0.481 e. The highest BCUT2D eigenvalue weighted by molar-refractivity contribution is 6.48. The summed E-state index contributed by atoms with van der Waals surface area (Å²) in [6.07, 6.45) is 2.38. The molecule has 1 aliphatic heterocycles. The van der Waals surface area contributed by atoms with E-state index in [0.717, 1.165) is 23.4 Å². The molecule has 6 nitrogen and oxygen atoms in total. The quantitative estimate of drug-likeness (QED) is 0.612. The van der Waals surface area contributed by atoms with E-state index in [1.54, 1.807) is 0 Å². The number of ether oxygens (including phenoxy) is 1. The van der Waals surface area contributed by atoms with Crippen LogP contribution in [0.5, 0.6) is 0 Å². The molecular weight excluding hydrogens is 378 g/mol. The van der Waals surface area contributed by atoms with Gasteiger partial charge in [-0.05, 0) is 64.7 Å². The van der Waals surface area contributed by atoms with Crippen molar-refractivity contribution in [3.63, 3.8) is 0 Å². The van der Waals surface area contributed by atoms with Crippen LogP contribution in [-0.4, -0.2) is 49.9 Å². The Morgan fingerprint density at radius 2 is 1.93 bits per heavy atom. The van der Waals surface area contributed by atoms with Crippen LogP contribution in [0.4, 0.5) is 0 Å². The summed E-state index contributed by atoms with van der Waals surface area (Å²) in [5.41, 5.74) is 6.10. The first kappa shape index (κ1) is 23.2. The predicted octanol–water partition coefficient (Wildman–Crippen LogP) is 2.75. The van der Waals surface area contributed by atoms with E-state index in [0.29, 0.717) is 6.42 Å². The second-order valence-electron chi connectivity index (χ2n) is 8.32. The van der Waals surface area contributed by atoms with Gasteiger partial charge in [-0.3, -0.25) is 4.79 Å². The van der Waals surface area contributed by atoms with E-state index in [-0.39, 0.29) is 18.5 Å². The van der Waals surface area contributed by atoms with Gasteiger partial charge < -0.3 is 25.1 Å². The molecule has 1 amide bonds. The number of aryl methyl sites for hydroxylation is 1. The van der Waals surface area contributed by atoms with Crippen molar-refractivity contribution >= 4 is 24.6 Å². The summed E-state index contributed by atoms with van der Waals surface area (Å²) in [4.78, 5) is 12.5. The van der Waals surface area contributed by atoms with Crippen molar-refractivity contribution in [2.45, 2.75) is 70.1 Å². The molecule has 8 heteroatoms. The molecule has 1 saturated heterocycles. The fraction of sp³-hybridized carbons (Fsp3) is 0.650. The molecule has 1 fully saturated rings. The number of benzene rings is 1. The number of methoxy groups -OCH3 is 1. The third kappa shape index (κ3) is 5.94. The van der Waals surface area contributed by atoms with Crippen LogP contribution in [0, 0.1) is 0 Å². The predicted molar refractivity (Wildman–Crippen MR) is 112 cm³/mol. The van der Waals surface area contributed by atoms with Crippen LogP contribution in [0.15, 0.2) is 24.3 Å². The van der Waals surface area contributed by atoms with Gasteiger partial charge in [-0.15, -0.1) is 0 Å². The topological polar surface area (TPSA) is 82.8 Å². The van der Waals surface area contributed by atoms with Gasteiger partial charge in [0.15, 0.2) is 0 Å². The normalized spacial score (nSPS) is 20.0. The number of hydrogen-bond acceptors (Lipinski definition) is 5. The Kier molecular flexibility index (Phi) is 7.93. The summed E-state index contributed by atoms with van der Waals surface area (Å²) in [6.45, 7) is 8.14. The van der Waals surface area contributed by atoms with Gasteiger partial charge in [-0.2, -0.15) is 0 Å². The molecule has 0 aromatic heterocycles. The molecule has 28 heavy (non-hydrogen) atoms. The summed E-state index contributed by atoms with van der Waals surface area (Å²) < 4.78 is 17.3. The van der Waals surface area contributed by atoms with Crippen molar-refractivity contribution in [2.24, 2.45) is 5.73 Å². The summed E-state index contributed by atoms with van der Waals surface area (Å²) in [7, 11) is 0.979. The lowest BCUT2D eigenvalue weighted by Gasteiger charge is -2.32. The summed E-state index contributed by atoms with van der Waals surface area (Å²) in [5, 5.41) is 3.72. The van der Waals surface area contributed by atoms with Gasteiger partial charge in [-0.1, -0.05) is 23.7 Å². The molecule has 1 aliphatic rings. The minimum Gasteiger partial charge on any atom is -0.402 e. The zero-order valence-corrected chi connectivity index (χ0v) is 18.2. The zero-order chi connectivity index (χ0) is 20.9. The zero-order valence-electron chi connectivity index (χ0n) is 17.5. The molecule has 0 bridgehead atoms. The fourth-order valence-corrected chi connectivity index (χ4v) is 3.31. The second kappa shape index (κ2) is 9.59. The molecule has 0 spiro atoms. The molecule has 156 valence electrons. The number of carbonyl (C=O) groups excluding carboxylic acids is 1. The molecule has 1 aromatic rings. The first-order valence-electron chi connectivity index (χ1n) is 9.71. The molecule has 0 radical (unpaired) electrons. The van der Waals surface area contributed by atoms with Crippen molar-refractivity contribution < 1.29 is 18.8 Å². The van der Waals surface area contributed by atoms with Gasteiger partial charge in [-0.25, -0.2) is 0 Å². The average Bonchev–Trinajstić information content (AvgIpc) is 2.81. The van der Waals surface area contributed by atoms with Gasteiger partial charge >= 0.3 is 7.12 Å². The lowest BCUT2D eigenvalue weighted by Crippen LogP contribution is -2.53. The van der Waals surface area contributed by atoms with Crippen LogP contribution in [0.3, 0.4) is 0 Å². The Morgan fingerprint density at radius 1 is 1.29 bits per heavy atom. The molecule has 2 rings (SSSR count). The van der Waals surface area contributed by atoms with E-state index in [9.17, 15) is 4.79 Å². The van der Waals surface area contributed by atoms with Crippen LogP contribution in [-0.2, 0) is 25.3 Å². The molecule has 0 aliphatic carbocycles. The molecule has 2 atom stereocenters. The second-order valence-corrected chi connectivity index (χ2v) is 8.76. The van der Waals surface area contributed by atoms with Crippen molar-refractivity contribution in [3.8, 4) is 0 Å². The fourth-order valence-electron chi connectivity index (χ4n) is 3.09. The summed E-state index contributed by atoms with van der Waals surface area (Å²) in [6, 6.07) is 7.06. The van der Waals surface area contributed by atoms with E-state index in [4.69, 9.17) is 31.4 Å². The Morgan fingerprint density at radius 3 is 2.50 bits per heavy atom. The summed E-state index contributed by atoms with van der Waals surface area (Å²) in [5.74, 6) is -0.583. The molecule has 0 saturated carbocycles. The van der Waals surface area contributed by atoms with Crippen LogP contribution in [0.25, 0.3) is 0 Å². The number of nitrogens with one attached hydrogen (secondary N) is 1. The smallest absolute Gasteiger partial charge is 0.402 e. The van der Waals surface area contributed by atoms with E-state index < -0.39 is 24.4 Å². The Bertz CT molecular complexity index is 655. The SMILES string of the molecule is COCC(N)C(=O)NC(CCCc1cccc(Cl)c1)B1OC(C)(C)C(C)(C)O1. The number of carbonyl (C=O) groups is 1. The third-order valence-corrected chi connectivity index (χ3v) is 5.72. The minimum atomic E-state index is -0.733. The lowest BCUT2D eigenvalue weighted by atomic mass is 9.75. The maximum absolute atomic E-state index is 12.5. The highest BCUT2D eigenvalue weighted by Crippen LogP contribution is 2.38. The van der Waals surface area contributed by atoms with Gasteiger partial charge in [0.2, 0.25) is 5.91 Å². The number of rotatable bonds is 9. The van der Waals surface area contributed by atoms with Crippen LogP contribution >= 0.6 is 11.6 Å². The maximum atomic E-state index is 12.5. The monoisotopic (exact) mass is 410 g/mol. The highest BCUT2D eigenvalue weighted by atomic mass is 35.5. The third-order valence-electron chi connectivity index (χ3n) is 5.48. The number of amides is 1. The van der Waals surface area contributed by atoms with Gasteiger partial charge in [0.25, 0.3) is 0 Å². The van der Waals surface area contributed by atoms with E-state index in [2.05, 4.69) is 5.32 Å². The van der Waals surface area contributed by atoms with E-state index in [1.807, 2.05) is 52.0 Å². The Labute approximate surface area is 173 Å². The first-order valence-corrected chi connectivity index (χ1v) is 10.1. The average molecular weight is 411 g/mol. The van der Waals surface area contributed by atoms with Crippen LogP contribution in [0.2, 0.25) is 5.02 Å². The van der Waals surface area contributed by atoms with Crippen LogP contribution in [0.1, 0.15) is 46.1 Å². The molecule has 3 N–H and O–H groups in total. The first-order chi connectivity index (χ1) is 13.1. The van der Waals surface area contributed by atoms with Gasteiger partial charge in [0, 0.05) is 12.1 Å². The van der Waals surface area contributed by atoms with Gasteiger partial charge in [0.1, 0.15) is 6.04 Å². The standard InChI is InChI=1S/C20H32BClN2O4/c1-19(2)20(3,4)28-21(27-19)17(24-18(25)16(23)13-26-5)11-7-9-14-8-6-10-15(22)12-14/h6,8,10,12,16-17H,7,9,11,13,23H2,1-5H3,(H,24,25). The number of nitrogens with two attached hydrogens (primary N) is 1. The molecule has 2 unspecified atom stereocenters. The van der Waals surface area contributed by atoms with Crippen molar-refractivity contribution in [3.05, 3.63) is 34.9 Å². The Balaban J connectivity index is 2.04. The molecular formula is C20H32BClN2O4. The minimum absolute atomic E-state index is 0.157. The van der Waals surface area contributed by atoms with Crippen molar-refractivity contribution in [1.29, 1.82) is 0 Å². The highest BCUT2D eigenvalue weighted by Gasteiger charge is 2.54. The van der Waals surface area contributed by atoms with Crippen molar-refractivity contribution in [2.75, 3.05) is 13.7 Å². The van der Waals surface area contributed by atoms with Gasteiger partial charge in [0.05, 0.1) is 23.8 Å². The number of hydrogen-bond donors (Lipinski definition) is 2. The van der Waals surface area contributed by atoms with Crippen LogP contribution < -0.4 is 11.1 Å². The Hall–Kier alpha value is -1.12. The molecule has 1 heterocycles. The lowest BCUT2D eigenvalue weighted by molar-refractivity contribution is -0.123. The largest absolute Gasteiger partial charge is 0.481 e. The van der Waals surface area contributed by atoms with Crippen molar-refractivity contribution in [1.82, 2.24) is 5.32 Å². The summed E-state index contributed by atoms with van der Waals surface area (Å²) >= 11 is 6.06.